The van der Waals surface area contributed by atoms with E-state index in [0.717, 1.165) is 24.8 Å². The molecule has 0 unspecified atom stereocenters. The van der Waals surface area contributed by atoms with Gasteiger partial charge < -0.3 is 9.47 Å². The number of methoxy groups -OCH3 is 1. The molecule has 0 saturated heterocycles. The Morgan fingerprint density at radius 1 is 1.25 bits per heavy atom. The van der Waals surface area contributed by atoms with Crippen LogP contribution in [0.2, 0.25) is 0 Å². The van der Waals surface area contributed by atoms with Crippen molar-refractivity contribution < 1.29 is 14.3 Å². The number of carbonyl (C=O) groups is 1. The average Bonchev–Trinajstić information content (AvgIpc) is 2.23. The third-order valence-corrected chi connectivity index (χ3v) is 2.81. The Morgan fingerprint density at radius 3 is 2.88 bits per heavy atom. The maximum Gasteiger partial charge on any atom is 0.184 e. The number of rotatable bonds is 6. The summed E-state index contributed by atoms with van der Waals surface area (Å²) in [6, 6.07) is 0. The summed E-state index contributed by atoms with van der Waals surface area (Å²) in [6.07, 6.45) is 8.95. The first-order valence-corrected chi connectivity index (χ1v) is 6.13. The third-order valence-electron chi connectivity index (χ3n) is 2.81. The van der Waals surface area contributed by atoms with Crippen LogP contribution in [0, 0.1) is 0 Å². The van der Waals surface area contributed by atoms with Gasteiger partial charge in [-0.05, 0) is 31.3 Å². The minimum absolute atomic E-state index is 0.151. The van der Waals surface area contributed by atoms with Gasteiger partial charge in [-0.1, -0.05) is 18.9 Å². The average molecular weight is 226 g/mol. The predicted octanol–water partition coefficient (Wildman–Crippen LogP) is 2.50. The molecule has 0 aliphatic heterocycles. The van der Waals surface area contributed by atoms with E-state index < -0.39 is 0 Å². The molecule has 0 radical (unpaired) electrons. The minimum atomic E-state index is 0.151. The number of Topliss-reactive ketones (excluding diaryl/α,β-unsaturated/α-hetero) is 1. The molecule has 1 rings (SSSR count). The van der Waals surface area contributed by atoms with E-state index in [1.54, 1.807) is 7.11 Å². The number of hydrogen-bond acceptors (Lipinski definition) is 3. The second-order valence-corrected chi connectivity index (χ2v) is 4.15. The second kappa shape index (κ2) is 8.48. The largest absolute Gasteiger partial charge is 0.382 e. The Labute approximate surface area is 97.8 Å². The molecule has 0 aromatic rings. The van der Waals surface area contributed by atoms with E-state index in [2.05, 4.69) is 6.08 Å². The number of ketones is 1. The van der Waals surface area contributed by atoms with E-state index in [9.17, 15) is 4.79 Å². The van der Waals surface area contributed by atoms with Gasteiger partial charge in [0, 0.05) is 7.11 Å². The van der Waals surface area contributed by atoms with Crippen LogP contribution in [0.4, 0.5) is 0 Å². The van der Waals surface area contributed by atoms with Crippen molar-refractivity contribution >= 4 is 5.78 Å². The molecule has 0 N–H and O–H groups in total. The normalized spacial score (nSPS) is 17.4. The number of hydrogen-bond donors (Lipinski definition) is 0. The van der Waals surface area contributed by atoms with Gasteiger partial charge in [-0.15, -0.1) is 0 Å². The molecule has 0 aromatic heterocycles. The first-order valence-electron chi connectivity index (χ1n) is 6.13. The zero-order valence-corrected chi connectivity index (χ0v) is 10.2. The van der Waals surface area contributed by atoms with Crippen molar-refractivity contribution in [1.82, 2.24) is 0 Å². The topological polar surface area (TPSA) is 35.5 Å². The van der Waals surface area contributed by atoms with Crippen LogP contribution < -0.4 is 0 Å². The molecule has 1 aliphatic carbocycles. The number of carbonyl (C=O) groups excluding carboxylic acids is 1. The lowest BCUT2D eigenvalue weighted by atomic mass is 9.97. The highest BCUT2D eigenvalue weighted by Crippen LogP contribution is 2.17. The molecule has 16 heavy (non-hydrogen) atoms. The van der Waals surface area contributed by atoms with Gasteiger partial charge in [0.05, 0.1) is 13.2 Å². The van der Waals surface area contributed by atoms with E-state index >= 15 is 0 Å². The highest BCUT2D eigenvalue weighted by Gasteiger charge is 2.10. The lowest BCUT2D eigenvalue weighted by Gasteiger charge is -2.10. The molecule has 1 aliphatic rings. The van der Waals surface area contributed by atoms with Crippen LogP contribution in [0.15, 0.2) is 11.6 Å². The Morgan fingerprint density at radius 2 is 2.06 bits per heavy atom. The maximum atomic E-state index is 11.8. The fraction of sp³-hybridized carbons (Fsp3) is 0.769. The van der Waals surface area contributed by atoms with Crippen molar-refractivity contribution in [2.24, 2.45) is 0 Å². The SMILES string of the molecule is COCCOCC(=O)C1=CCCCCCC1. The molecule has 0 amide bonds. The number of ether oxygens (including phenoxy) is 2. The van der Waals surface area contributed by atoms with E-state index in [4.69, 9.17) is 9.47 Å². The van der Waals surface area contributed by atoms with Gasteiger partial charge >= 0.3 is 0 Å². The van der Waals surface area contributed by atoms with Gasteiger partial charge in [0.25, 0.3) is 0 Å². The summed E-state index contributed by atoms with van der Waals surface area (Å²) in [5, 5.41) is 0. The summed E-state index contributed by atoms with van der Waals surface area (Å²) in [5.41, 5.74) is 0.970. The van der Waals surface area contributed by atoms with Crippen LogP contribution in [-0.2, 0) is 14.3 Å². The monoisotopic (exact) mass is 226 g/mol. The highest BCUT2D eigenvalue weighted by atomic mass is 16.5. The number of allylic oxidation sites excluding steroid dienone is 1. The fourth-order valence-electron chi connectivity index (χ4n) is 1.84. The van der Waals surface area contributed by atoms with Crippen LogP contribution in [0.25, 0.3) is 0 Å². The molecule has 0 heterocycles. The van der Waals surface area contributed by atoms with Crippen LogP contribution in [0.1, 0.15) is 38.5 Å². The molecular formula is C13H22O3. The zero-order valence-electron chi connectivity index (χ0n) is 10.2. The summed E-state index contributed by atoms with van der Waals surface area (Å²) >= 11 is 0. The van der Waals surface area contributed by atoms with Gasteiger partial charge in [0.15, 0.2) is 5.78 Å². The highest BCUT2D eigenvalue weighted by molar-refractivity contribution is 5.96. The first kappa shape index (κ1) is 13.4. The summed E-state index contributed by atoms with van der Waals surface area (Å²) in [7, 11) is 1.63. The van der Waals surface area contributed by atoms with Gasteiger partial charge in [-0.25, -0.2) is 0 Å². The second-order valence-electron chi connectivity index (χ2n) is 4.15. The van der Waals surface area contributed by atoms with Crippen molar-refractivity contribution in [2.75, 3.05) is 26.9 Å². The van der Waals surface area contributed by atoms with Crippen LogP contribution in [0.3, 0.4) is 0 Å². The van der Waals surface area contributed by atoms with Crippen LogP contribution in [0.5, 0.6) is 0 Å². The van der Waals surface area contributed by atoms with Crippen molar-refractivity contribution in [3.63, 3.8) is 0 Å². The molecule has 0 atom stereocenters. The summed E-state index contributed by atoms with van der Waals surface area (Å²) < 4.78 is 10.1. The van der Waals surface area contributed by atoms with Crippen molar-refractivity contribution in [2.45, 2.75) is 38.5 Å². The lowest BCUT2D eigenvalue weighted by Crippen LogP contribution is -2.14. The summed E-state index contributed by atoms with van der Waals surface area (Å²) in [4.78, 5) is 11.8. The van der Waals surface area contributed by atoms with Crippen molar-refractivity contribution in [3.05, 3.63) is 11.6 Å². The molecule has 92 valence electrons. The smallest absolute Gasteiger partial charge is 0.184 e. The van der Waals surface area contributed by atoms with E-state index in [-0.39, 0.29) is 12.4 Å². The van der Waals surface area contributed by atoms with Gasteiger partial charge in [0.1, 0.15) is 6.61 Å². The summed E-state index contributed by atoms with van der Waals surface area (Å²) in [6.45, 7) is 1.25. The van der Waals surface area contributed by atoms with Crippen LogP contribution >= 0.6 is 0 Å². The molecule has 0 saturated carbocycles. The van der Waals surface area contributed by atoms with Crippen molar-refractivity contribution in [1.29, 1.82) is 0 Å². The zero-order chi connectivity index (χ0) is 11.6. The lowest BCUT2D eigenvalue weighted by molar-refractivity contribution is -0.120. The quantitative estimate of drug-likeness (QED) is 0.653. The fourth-order valence-corrected chi connectivity index (χ4v) is 1.84. The molecule has 0 aromatic carbocycles. The van der Waals surface area contributed by atoms with Crippen LogP contribution in [-0.4, -0.2) is 32.7 Å². The van der Waals surface area contributed by atoms with E-state index in [1.807, 2.05) is 0 Å². The molecule has 0 spiro atoms. The molecule has 3 heteroatoms. The predicted molar refractivity (Wildman–Crippen MR) is 63.5 cm³/mol. The summed E-state index contributed by atoms with van der Waals surface area (Å²) in [5.74, 6) is 0.151. The Balaban J connectivity index is 2.27. The first-order chi connectivity index (χ1) is 7.84. The Hall–Kier alpha value is -0.670. The van der Waals surface area contributed by atoms with Gasteiger partial charge in [0.2, 0.25) is 0 Å². The Kier molecular flexibility index (Phi) is 7.10. The third kappa shape index (κ3) is 5.42. The molecule has 3 nitrogen and oxygen atoms in total. The van der Waals surface area contributed by atoms with Gasteiger partial charge in [-0.2, -0.15) is 0 Å². The molecule has 0 bridgehead atoms. The van der Waals surface area contributed by atoms with E-state index in [0.29, 0.717) is 13.2 Å². The molecule has 0 fully saturated rings. The Bertz CT molecular complexity index is 233. The molecular weight excluding hydrogens is 204 g/mol. The maximum absolute atomic E-state index is 11.8. The van der Waals surface area contributed by atoms with E-state index in [1.165, 1.54) is 19.3 Å². The van der Waals surface area contributed by atoms with Crippen molar-refractivity contribution in [3.8, 4) is 0 Å². The van der Waals surface area contributed by atoms with Gasteiger partial charge in [-0.3, -0.25) is 4.79 Å². The standard InChI is InChI=1S/C13H22O3/c1-15-9-10-16-11-13(14)12-7-5-3-2-4-6-8-12/h7H,2-6,8-11H2,1H3. The minimum Gasteiger partial charge on any atom is -0.382 e.